The van der Waals surface area contributed by atoms with Gasteiger partial charge in [-0.25, -0.2) is 0 Å². The van der Waals surface area contributed by atoms with E-state index in [2.05, 4.69) is 18.8 Å². The first-order valence-electron chi connectivity index (χ1n) is 5.04. The first kappa shape index (κ1) is 10.1. The summed E-state index contributed by atoms with van der Waals surface area (Å²) in [5.74, 6) is -0.175. The van der Waals surface area contributed by atoms with E-state index in [4.69, 9.17) is 4.74 Å². The third-order valence-electron chi connectivity index (χ3n) is 3.37. The number of rotatable bonds is 2. The van der Waals surface area contributed by atoms with Crippen LogP contribution in [0.1, 0.15) is 26.0 Å². The Morgan fingerprint density at radius 3 is 2.53 bits per heavy atom. The highest BCUT2D eigenvalue weighted by Crippen LogP contribution is 2.64. The van der Waals surface area contributed by atoms with E-state index in [9.17, 15) is 4.79 Å². The number of carbonyl (C=O) groups is 1. The number of ether oxygens (including phenoxy) is 1. The van der Waals surface area contributed by atoms with Crippen LogP contribution in [0.5, 0.6) is 0 Å². The van der Waals surface area contributed by atoms with Crippen LogP contribution < -0.4 is 0 Å². The van der Waals surface area contributed by atoms with E-state index in [0.29, 0.717) is 0 Å². The van der Waals surface area contributed by atoms with E-state index < -0.39 is 5.41 Å². The molecule has 1 aromatic rings. The second-order valence-corrected chi connectivity index (χ2v) is 4.67. The summed E-state index contributed by atoms with van der Waals surface area (Å²) >= 11 is 0. The van der Waals surface area contributed by atoms with Gasteiger partial charge in [-0.15, -0.1) is 0 Å². The Morgan fingerprint density at radius 2 is 2.13 bits per heavy atom. The summed E-state index contributed by atoms with van der Waals surface area (Å²) in [5, 5.41) is 0. The molecule has 3 nitrogen and oxygen atoms in total. The maximum absolute atomic E-state index is 11.8. The van der Waals surface area contributed by atoms with Gasteiger partial charge < -0.3 is 4.74 Å². The van der Waals surface area contributed by atoms with E-state index in [-0.39, 0.29) is 11.4 Å². The van der Waals surface area contributed by atoms with Gasteiger partial charge in [0, 0.05) is 6.20 Å². The summed E-state index contributed by atoms with van der Waals surface area (Å²) in [7, 11) is 1.43. The van der Waals surface area contributed by atoms with Gasteiger partial charge in [0.05, 0.1) is 12.8 Å². The molecule has 0 radical (unpaired) electrons. The number of hydrogen-bond acceptors (Lipinski definition) is 3. The lowest BCUT2D eigenvalue weighted by Crippen LogP contribution is -2.28. The van der Waals surface area contributed by atoms with Gasteiger partial charge in [0.2, 0.25) is 0 Å². The van der Waals surface area contributed by atoms with Crippen molar-refractivity contribution >= 4 is 5.97 Å². The van der Waals surface area contributed by atoms with Crippen molar-refractivity contribution in [2.24, 2.45) is 5.41 Å². The van der Waals surface area contributed by atoms with Gasteiger partial charge in [0.25, 0.3) is 0 Å². The van der Waals surface area contributed by atoms with Crippen LogP contribution in [0.3, 0.4) is 0 Å². The molecule has 1 heterocycles. The number of pyridine rings is 1. The minimum Gasteiger partial charge on any atom is -0.468 e. The molecule has 1 fully saturated rings. The number of carbonyl (C=O) groups excluding carboxylic acids is 1. The predicted octanol–water partition coefficient (Wildman–Crippen LogP) is 1.92. The largest absolute Gasteiger partial charge is 0.468 e. The zero-order valence-electron chi connectivity index (χ0n) is 9.28. The van der Waals surface area contributed by atoms with Crippen molar-refractivity contribution in [3.63, 3.8) is 0 Å². The Bertz CT molecular complexity index is 386. The van der Waals surface area contributed by atoms with Gasteiger partial charge in [0.1, 0.15) is 5.41 Å². The van der Waals surface area contributed by atoms with Crippen molar-refractivity contribution in [3.05, 3.63) is 30.1 Å². The lowest BCUT2D eigenvalue weighted by molar-refractivity contribution is -0.144. The molecule has 0 spiro atoms. The third kappa shape index (κ3) is 1.26. The summed E-state index contributed by atoms with van der Waals surface area (Å²) in [4.78, 5) is 16.1. The van der Waals surface area contributed by atoms with Crippen molar-refractivity contribution < 1.29 is 9.53 Å². The Kier molecular flexibility index (Phi) is 2.07. The maximum atomic E-state index is 11.8. The summed E-state index contributed by atoms with van der Waals surface area (Å²) in [6.07, 6.45) is 2.53. The van der Waals surface area contributed by atoms with E-state index in [1.54, 1.807) is 6.20 Å². The van der Waals surface area contributed by atoms with Crippen LogP contribution in [0.2, 0.25) is 0 Å². The van der Waals surface area contributed by atoms with Gasteiger partial charge in [-0.2, -0.15) is 0 Å². The smallest absolute Gasteiger partial charge is 0.318 e. The summed E-state index contributed by atoms with van der Waals surface area (Å²) in [5.41, 5.74) is 0.249. The van der Waals surface area contributed by atoms with E-state index in [1.165, 1.54) is 7.11 Å². The molecule has 0 amide bonds. The molecular weight excluding hydrogens is 190 g/mol. The zero-order valence-corrected chi connectivity index (χ0v) is 9.28. The van der Waals surface area contributed by atoms with Gasteiger partial charge in [-0.05, 0) is 24.0 Å². The standard InChI is InChI=1S/C12H15NO2/c1-11(2)8-12(11,10(14)15-3)9-6-4-5-7-13-9/h4-7H,8H2,1-3H3. The molecule has 1 unspecified atom stereocenters. The number of methoxy groups -OCH3 is 1. The Labute approximate surface area is 89.5 Å². The molecule has 80 valence electrons. The molecule has 1 aliphatic rings. The Balaban J connectivity index is 2.44. The molecule has 2 rings (SSSR count). The molecule has 15 heavy (non-hydrogen) atoms. The fraction of sp³-hybridized carbons (Fsp3) is 0.500. The molecule has 0 saturated heterocycles. The van der Waals surface area contributed by atoms with E-state index in [1.807, 2.05) is 18.2 Å². The average Bonchev–Trinajstić information content (AvgIpc) is 2.83. The fourth-order valence-electron chi connectivity index (χ4n) is 2.30. The molecule has 0 N–H and O–H groups in total. The topological polar surface area (TPSA) is 39.2 Å². The molecule has 1 saturated carbocycles. The molecule has 1 aromatic heterocycles. The van der Waals surface area contributed by atoms with E-state index in [0.717, 1.165) is 12.1 Å². The molecule has 3 heteroatoms. The normalized spacial score (nSPS) is 27.1. The number of esters is 1. The summed E-state index contributed by atoms with van der Waals surface area (Å²) in [6.45, 7) is 4.14. The molecular formula is C12H15NO2. The monoisotopic (exact) mass is 205 g/mol. The highest BCUT2D eigenvalue weighted by molar-refractivity contribution is 5.88. The number of nitrogens with zero attached hydrogens (tertiary/aromatic N) is 1. The van der Waals surface area contributed by atoms with Gasteiger partial charge in [-0.3, -0.25) is 9.78 Å². The SMILES string of the molecule is COC(=O)C1(c2ccccn2)CC1(C)C. The van der Waals surface area contributed by atoms with Crippen LogP contribution in [-0.2, 0) is 14.9 Å². The quantitative estimate of drug-likeness (QED) is 0.692. The molecule has 0 bridgehead atoms. The molecule has 0 aromatic carbocycles. The Hall–Kier alpha value is -1.38. The second kappa shape index (κ2) is 3.05. The third-order valence-corrected chi connectivity index (χ3v) is 3.37. The zero-order chi connectivity index (χ0) is 11.1. The lowest BCUT2D eigenvalue weighted by atomic mass is 9.92. The van der Waals surface area contributed by atoms with Gasteiger partial charge in [-0.1, -0.05) is 19.9 Å². The van der Waals surface area contributed by atoms with Crippen molar-refractivity contribution in [3.8, 4) is 0 Å². The maximum Gasteiger partial charge on any atom is 0.318 e. The van der Waals surface area contributed by atoms with Crippen LogP contribution >= 0.6 is 0 Å². The molecule has 1 atom stereocenters. The van der Waals surface area contributed by atoms with Crippen LogP contribution in [0.15, 0.2) is 24.4 Å². The summed E-state index contributed by atoms with van der Waals surface area (Å²) < 4.78 is 4.89. The highest BCUT2D eigenvalue weighted by Gasteiger charge is 2.69. The predicted molar refractivity (Wildman–Crippen MR) is 56.3 cm³/mol. The van der Waals surface area contributed by atoms with Crippen LogP contribution in [0, 0.1) is 5.41 Å². The minimum absolute atomic E-state index is 0.0472. The first-order chi connectivity index (χ1) is 7.04. The minimum atomic E-state index is -0.525. The fourth-order valence-corrected chi connectivity index (χ4v) is 2.30. The van der Waals surface area contributed by atoms with Crippen molar-refractivity contribution in [1.29, 1.82) is 0 Å². The van der Waals surface area contributed by atoms with Crippen molar-refractivity contribution in [1.82, 2.24) is 4.98 Å². The lowest BCUT2D eigenvalue weighted by Gasteiger charge is -2.16. The summed E-state index contributed by atoms with van der Waals surface area (Å²) in [6, 6.07) is 5.65. The Morgan fingerprint density at radius 1 is 1.47 bits per heavy atom. The van der Waals surface area contributed by atoms with Crippen LogP contribution in [0.25, 0.3) is 0 Å². The van der Waals surface area contributed by atoms with Crippen LogP contribution in [-0.4, -0.2) is 18.1 Å². The molecule has 1 aliphatic carbocycles. The first-order valence-corrected chi connectivity index (χ1v) is 5.04. The van der Waals surface area contributed by atoms with Crippen molar-refractivity contribution in [2.45, 2.75) is 25.7 Å². The van der Waals surface area contributed by atoms with Crippen LogP contribution in [0.4, 0.5) is 0 Å². The number of hydrogen-bond donors (Lipinski definition) is 0. The second-order valence-electron chi connectivity index (χ2n) is 4.67. The highest BCUT2D eigenvalue weighted by atomic mass is 16.5. The molecule has 0 aliphatic heterocycles. The average molecular weight is 205 g/mol. The van der Waals surface area contributed by atoms with Gasteiger partial charge >= 0.3 is 5.97 Å². The van der Waals surface area contributed by atoms with Crippen molar-refractivity contribution in [2.75, 3.05) is 7.11 Å². The van der Waals surface area contributed by atoms with Gasteiger partial charge in [0.15, 0.2) is 0 Å². The van der Waals surface area contributed by atoms with E-state index >= 15 is 0 Å². The number of aromatic nitrogens is 1.